The van der Waals surface area contributed by atoms with Crippen molar-refractivity contribution in [2.45, 2.75) is 18.4 Å². The lowest BCUT2D eigenvalue weighted by molar-refractivity contribution is -0.146. The number of thioether (sulfide) groups is 1. The molecule has 2 aromatic rings. The number of hydrogen-bond donors (Lipinski definition) is 0. The molecule has 0 unspecified atom stereocenters. The van der Waals surface area contributed by atoms with Gasteiger partial charge in [-0.15, -0.1) is 11.8 Å². The maximum absolute atomic E-state index is 12.8. The molecule has 0 bridgehead atoms. The monoisotopic (exact) mass is 403 g/mol. The molecular weight excluding hydrogens is 378 g/mol. The fourth-order valence-electron chi connectivity index (χ4n) is 2.50. The van der Waals surface area contributed by atoms with Crippen LogP contribution >= 0.6 is 11.8 Å². The predicted octanol–water partition coefficient (Wildman–Crippen LogP) is 3.31. The minimum Gasteiger partial charge on any atom is -0.497 e. The summed E-state index contributed by atoms with van der Waals surface area (Å²) < 4.78 is 15.3. The van der Waals surface area contributed by atoms with Gasteiger partial charge in [-0.1, -0.05) is 17.7 Å². The summed E-state index contributed by atoms with van der Waals surface area (Å²) in [5.41, 5.74) is 1.96. The van der Waals surface area contributed by atoms with E-state index in [1.165, 1.54) is 23.8 Å². The van der Waals surface area contributed by atoms with Crippen molar-refractivity contribution in [1.82, 2.24) is 4.90 Å². The lowest BCUT2D eigenvalue weighted by Gasteiger charge is -2.22. The van der Waals surface area contributed by atoms with Crippen LogP contribution in [0.3, 0.4) is 0 Å². The standard InChI is InChI=1S/C21H25NO5S/c1-15-5-7-19(8-6-15)28-14-20(23)22(13-21(24)27-4)12-16-9-17(25-2)11-18(10-16)26-3/h5-11H,12-14H2,1-4H3. The highest BCUT2D eigenvalue weighted by atomic mass is 32.2. The number of carbonyl (C=O) groups excluding carboxylic acids is 2. The van der Waals surface area contributed by atoms with Crippen LogP contribution in [-0.2, 0) is 20.9 Å². The molecule has 2 aromatic carbocycles. The fraction of sp³-hybridized carbons (Fsp3) is 0.333. The topological polar surface area (TPSA) is 65.1 Å². The summed E-state index contributed by atoms with van der Waals surface area (Å²) in [6, 6.07) is 13.3. The Bertz CT molecular complexity index is 785. The molecule has 0 fully saturated rings. The van der Waals surface area contributed by atoms with E-state index in [2.05, 4.69) is 0 Å². The van der Waals surface area contributed by atoms with Gasteiger partial charge < -0.3 is 19.1 Å². The van der Waals surface area contributed by atoms with Gasteiger partial charge in [0.1, 0.15) is 18.0 Å². The lowest BCUT2D eigenvalue weighted by Crippen LogP contribution is -2.36. The van der Waals surface area contributed by atoms with Crippen LogP contribution in [0.15, 0.2) is 47.4 Å². The highest BCUT2D eigenvalue weighted by Gasteiger charge is 2.19. The Morgan fingerprint density at radius 3 is 2.11 bits per heavy atom. The predicted molar refractivity (Wildman–Crippen MR) is 109 cm³/mol. The third-order valence-corrected chi connectivity index (χ3v) is 5.07. The van der Waals surface area contributed by atoms with Gasteiger partial charge in [0.15, 0.2) is 0 Å². The van der Waals surface area contributed by atoms with E-state index in [0.29, 0.717) is 11.5 Å². The average molecular weight is 404 g/mol. The Labute approximate surface area is 169 Å². The van der Waals surface area contributed by atoms with Gasteiger partial charge in [0.25, 0.3) is 0 Å². The van der Waals surface area contributed by atoms with Gasteiger partial charge in [-0.05, 0) is 36.8 Å². The number of rotatable bonds is 9. The summed E-state index contributed by atoms with van der Waals surface area (Å²) in [6.45, 7) is 2.14. The van der Waals surface area contributed by atoms with Crippen LogP contribution in [0.5, 0.6) is 11.5 Å². The molecule has 0 saturated carbocycles. The van der Waals surface area contributed by atoms with E-state index in [1.807, 2.05) is 43.3 Å². The summed E-state index contributed by atoms with van der Waals surface area (Å²) in [5, 5.41) is 0. The minimum absolute atomic E-state index is 0.122. The number of methoxy groups -OCH3 is 3. The molecule has 0 aliphatic heterocycles. The van der Waals surface area contributed by atoms with Crippen molar-refractivity contribution in [1.29, 1.82) is 0 Å². The van der Waals surface area contributed by atoms with Gasteiger partial charge in [-0.2, -0.15) is 0 Å². The van der Waals surface area contributed by atoms with E-state index < -0.39 is 5.97 Å². The van der Waals surface area contributed by atoms with Crippen molar-refractivity contribution in [3.8, 4) is 11.5 Å². The van der Waals surface area contributed by atoms with Crippen LogP contribution in [0.2, 0.25) is 0 Å². The van der Waals surface area contributed by atoms with E-state index in [1.54, 1.807) is 20.3 Å². The first kappa shape index (κ1) is 21.6. The summed E-state index contributed by atoms with van der Waals surface area (Å²) in [4.78, 5) is 27.1. The summed E-state index contributed by atoms with van der Waals surface area (Å²) in [5.74, 6) is 0.838. The normalized spacial score (nSPS) is 10.3. The summed E-state index contributed by atoms with van der Waals surface area (Å²) in [6.07, 6.45) is 0. The van der Waals surface area contributed by atoms with Crippen molar-refractivity contribution in [2.75, 3.05) is 33.6 Å². The quantitative estimate of drug-likeness (QED) is 0.473. The van der Waals surface area contributed by atoms with E-state index in [9.17, 15) is 9.59 Å². The maximum Gasteiger partial charge on any atom is 0.325 e. The van der Waals surface area contributed by atoms with Gasteiger partial charge in [-0.3, -0.25) is 9.59 Å². The molecule has 0 aliphatic rings. The van der Waals surface area contributed by atoms with Gasteiger partial charge in [0.2, 0.25) is 5.91 Å². The molecule has 1 amide bonds. The van der Waals surface area contributed by atoms with E-state index >= 15 is 0 Å². The maximum atomic E-state index is 12.8. The van der Waals surface area contributed by atoms with E-state index in [-0.39, 0.29) is 24.7 Å². The number of hydrogen-bond acceptors (Lipinski definition) is 6. The van der Waals surface area contributed by atoms with Crippen LogP contribution in [0.1, 0.15) is 11.1 Å². The van der Waals surface area contributed by atoms with Gasteiger partial charge in [0, 0.05) is 17.5 Å². The fourth-order valence-corrected chi connectivity index (χ4v) is 3.30. The molecule has 7 heteroatoms. The number of carbonyl (C=O) groups is 2. The van der Waals surface area contributed by atoms with E-state index in [4.69, 9.17) is 14.2 Å². The molecule has 0 radical (unpaired) electrons. The molecule has 0 atom stereocenters. The van der Waals surface area contributed by atoms with Crippen LogP contribution in [0, 0.1) is 6.92 Å². The Kier molecular flexibility index (Phi) is 8.19. The molecule has 2 rings (SSSR count). The van der Waals surface area contributed by atoms with Gasteiger partial charge in [-0.25, -0.2) is 0 Å². The molecule has 0 aliphatic carbocycles. The van der Waals surface area contributed by atoms with E-state index in [0.717, 1.165) is 16.0 Å². The zero-order valence-electron chi connectivity index (χ0n) is 16.6. The first-order valence-electron chi connectivity index (χ1n) is 8.71. The smallest absolute Gasteiger partial charge is 0.325 e. The Hall–Kier alpha value is -2.67. The second kappa shape index (κ2) is 10.6. The van der Waals surface area contributed by atoms with Crippen LogP contribution in [0.4, 0.5) is 0 Å². The number of amides is 1. The Balaban J connectivity index is 2.13. The van der Waals surface area contributed by atoms with Crippen molar-refractivity contribution in [3.05, 3.63) is 53.6 Å². The molecular formula is C21H25NO5S. The largest absolute Gasteiger partial charge is 0.497 e. The first-order valence-corrected chi connectivity index (χ1v) is 9.69. The molecule has 6 nitrogen and oxygen atoms in total. The molecule has 0 spiro atoms. The number of esters is 1. The number of aryl methyl sites for hydroxylation is 1. The number of nitrogens with zero attached hydrogens (tertiary/aromatic N) is 1. The molecule has 0 saturated heterocycles. The van der Waals surface area contributed by atoms with Crippen LogP contribution in [0.25, 0.3) is 0 Å². The summed E-state index contributed by atoms with van der Waals surface area (Å²) >= 11 is 1.43. The van der Waals surface area contributed by atoms with Gasteiger partial charge >= 0.3 is 5.97 Å². The average Bonchev–Trinajstić information content (AvgIpc) is 2.72. The highest BCUT2D eigenvalue weighted by Crippen LogP contribution is 2.24. The minimum atomic E-state index is -0.469. The van der Waals surface area contributed by atoms with Crippen molar-refractivity contribution in [2.24, 2.45) is 0 Å². The van der Waals surface area contributed by atoms with Gasteiger partial charge in [0.05, 0.1) is 27.1 Å². The van der Waals surface area contributed by atoms with Crippen molar-refractivity contribution < 1.29 is 23.8 Å². The van der Waals surface area contributed by atoms with Crippen LogP contribution in [-0.4, -0.2) is 50.4 Å². The molecule has 0 N–H and O–H groups in total. The molecule has 0 heterocycles. The van der Waals surface area contributed by atoms with Crippen molar-refractivity contribution in [3.63, 3.8) is 0 Å². The van der Waals surface area contributed by atoms with Crippen LogP contribution < -0.4 is 9.47 Å². The zero-order chi connectivity index (χ0) is 20.5. The highest BCUT2D eigenvalue weighted by molar-refractivity contribution is 8.00. The first-order chi connectivity index (χ1) is 13.4. The number of benzene rings is 2. The lowest BCUT2D eigenvalue weighted by atomic mass is 10.2. The summed E-state index contributed by atoms with van der Waals surface area (Å²) in [7, 11) is 4.43. The van der Waals surface area contributed by atoms with Crippen molar-refractivity contribution >= 4 is 23.6 Å². The molecule has 0 aromatic heterocycles. The Morgan fingerprint density at radius 1 is 0.964 bits per heavy atom. The third kappa shape index (κ3) is 6.49. The second-order valence-electron chi connectivity index (χ2n) is 6.15. The zero-order valence-corrected chi connectivity index (χ0v) is 17.4. The molecule has 150 valence electrons. The second-order valence-corrected chi connectivity index (χ2v) is 7.20. The Morgan fingerprint density at radius 2 is 1.57 bits per heavy atom. The SMILES string of the molecule is COC(=O)CN(Cc1cc(OC)cc(OC)c1)C(=O)CSc1ccc(C)cc1. The number of ether oxygens (including phenoxy) is 3. The molecule has 28 heavy (non-hydrogen) atoms. The third-order valence-electron chi connectivity index (χ3n) is 4.07.